The van der Waals surface area contributed by atoms with Gasteiger partial charge in [-0.15, -0.1) is 0 Å². The van der Waals surface area contributed by atoms with Gasteiger partial charge in [0, 0.05) is 36.1 Å². The molecule has 4 rings (SSSR count). The Bertz CT molecular complexity index is 1050. The number of hydrogen-bond acceptors (Lipinski definition) is 2. The summed E-state index contributed by atoms with van der Waals surface area (Å²) in [6.07, 6.45) is 1.32. The van der Waals surface area contributed by atoms with Gasteiger partial charge in [0.2, 0.25) is 5.91 Å². The number of nitrogens with one attached hydrogen (secondary N) is 1. The topological polar surface area (TPSA) is 54.3 Å². The molecule has 0 atom stereocenters. The minimum Gasteiger partial charge on any atom is -0.338 e. The number of nitrogens with zero attached hydrogens (tertiary/aromatic N) is 2. The summed E-state index contributed by atoms with van der Waals surface area (Å²) >= 11 is 5.93. The number of benzene rings is 2. The highest BCUT2D eigenvalue weighted by atomic mass is 35.5. The number of hydrogen-bond donors (Lipinski definition) is 1. The van der Waals surface area contributed by atoms with Gasteiger partial charge < -0.3 is 14.8 Å². The van der Waals surface area contributed by atoms with E-state index in [1.807, 2.05) is 36.7 Å². The van der Waals surface area contributed by atoms with Crippen molar-refractivity contribution in [3.05, 3.63) is 58.7 Å². The summed E-state index contributed by atoms with van der Waals surface area (Å²) in [7, 11) is 1.86. The molecule has 1 saturated heterocycles. The third-order valence-electron chi connectivity index (χ3n) is 4.99. The summed E-state index contributed by atoms with van der Waals surface area (Å²) in [5.41, 5.74) is 3.86. The van der Waals surface area contributed by atoms with Crippen molar-refractivity contribution in [1.29, 1.82) is 0 Å². The van der Waals surface area contributed by atoms with E-state index in [2.05, 4.69) is 5.32 Å². The fourth-order valence-electron chi connectivity index (χ4n) is 3.68. The second-order valence-corrected chi connectivity index (χ2v) is 7.32. The lowest BCUT2D eigenvalue weighted by atomic mass is 10.1. The molecule has 2 amide bonds. The van der Waals surface area contributed by atoms with E-state index in [1.54, 1.807) is 29.2 Å². The SMILES string of the molecule is Cc1ccc2c(c1)c(N1CCCC1=O)c(C(=O)Nc1ccc(Cl)cc1)n2C. The normalized spacial score (nSPS) is 14.2. The number of rotatable bonds is 3. The third-order valence-corrected chi connectivity index (χ3v) is 5.24. The molecule has 0 unspecified atom stereocenters. The number of halogens is 1. The first-order chi connectivity index (χ1) is 13.0. The Balaban J connectivity index is 1.85. The monoisotopic (exact) mass is 381 g/mol. The number of carbonyl (C=O) groups excluding carboxylic acids is 2. The van der Waals surface area contributed by atoms with E-state index in [1.165, 1.54) is 0 Å². The first kappa shape index (κ1) is 17.6. The Hall–Kier alpha value is -2.79. The van der Waals surface area contributed by atoms with Crippen LogP contribution in [0.2, 0.25) is 5.02 Å². The maximum Gasteiger partial charge on any atom is 0.274 e. The van der Waals surface area contributed by atoms with Gasteiger partial charge in [-0.3, -0.25) is 9.59 Å². The second-order valence-electron chi connectivity index (χ2n) is 6.89. The summed E-state index contributed by atoms with van der Waals surface area (Å²) < 4.78 is 1.86. The molecule has 0 radical (unpaired) electrons. The number of aromatic nitrogens is 1. The van der Waals surface area contributed by atoms with Gasteiger partial charge in [-0.25, -0.2) is 0 Å². The molecular formula is C21H20ClN3O2. The molecule has 2 heterocycles. The van der Waals surface area contributed by atoms with Gasteiger partial charge in [0.15, 0.2) is 0 Å². The van der Waals surface area contributed by atoms with E-state index in [0.717, 1.165) is 22.9 Å². The zero-order valence-electron chi connectivity index (χ0n) is 15.3. The van der Waals surface area contributed by atoms with Gasteiger partial charge in [-0.2, -0.15) is 0 Å². The van der Waals surface area contributed by atoms with Crippen LogP contribution in [0.5, 0.6) is 0 Å². The van der Waals surface area contributed by atoms with Crippen molar-refractivity contribution in [3.8, 4) is 0 Å². The molecule has 1 aliphatic rings. The Morgan fingerprint density at radius 3 is 2.56 bits per heavy atom. The largest absolute Gasteiger partial charge is 0.338 e. The molecule has 27 heavy (non-hydrogen) atoms. The van der Waals surface area contributed by atoms with Crippen LogP contribution in [0.3, 0.4) is 0 Å². The van der Waals surface area contributed by atoms with E-state index in [0.29, 0.717) is 35.1 Å². The Morgan fingerprint density at radius 1 is 1.15 bits per heavy atom. The van der Waals surface area contributed by atoms with E-state index in [-0.39, 0.29) is 11.8 Å². The first-order valence-electron chi connectivity index (χ1n) is 8.92. The Morgan fingerprint density at radius 2 is 1.89 bits per heavy atom. The quantitative estimate of drug-likeness (QED) is 0.725. The van der Waals surface area contributed by atoms with E-state index in [9.17, 15) is 9.59 Å². The Kier molecular flexibility index (Phi) is 4.40. The standard InChI is InChI=1S/C21H20ClN3O2/c1-13-5-10-17-16(12-13)19(25-11-3-4-18(25)26)20(24(17)2)21(27)23-15-8-6-14(22)7-9-15/h5-10,12H,3-4,11H2,1-2H3,(H,23,27). The van der Waals surface area contributed by atoms with Crippen LogP contribution in [0.1, 0.15) is 28.9 Å². The highest BCUT2D eigenvalue weighted by Crippen LogP contribution is 2.37. The maximum atomic E-state index is 13.2. The molecule has 0 saturated carbocycles. The van der Waals surface area contributed by atoms with Crippen LogP contribution in [-0.4, -0.2) is 22.9 Å². The highest BCUT2D eigenvalue weighted by Gasteiger charge is 2.31. The first-order valence-corrected chi connectivity index (χ1v) is 9.30. The van der Waals surface area contributed by atoms with Gasteiger partial charge in [-0.1, -0.05) is 23.2 Å². The Labute approximate surface area is 162 Å². The van der Waals surface area contributed by atoms with E-state index in [4.69, 9.17) is 11.6 Å². The van der Waals surface area contributed by atoms with Crippen molar-refractivity contribution < 1.29 is 9.59 Å². The molecule has 1 N–H and O–H groups in total. The predicted molar refractivity (Wildman–Crippen MR) is 109 cm³/mol. The zero-order valence-corrected chi connectivity index (χ0v) is 16.0. The fourth-order valence-corrected chi connectivity index (χ4v) is 3.81. The van der Waals surface area contributed by atoms with Gasteiger partial charge >= 0.3 is 0 Å². The number of anilines is 2. The average molecular weight is 382 g/mol. The molecule has 3 aromatic rings. The van der Waals surface area contributed by atoms with E-state index >= 15 is 0 Å². The van der Waals surface area contributed by atoms with Crippen LogP contribution in [0.25, 0.3) is 10.9 Å². The van der Waals surface area contributed by atoms with E-state index < -0.39 is 0 Å². The highest BCUT2D eigenvalue weighted by molar-refractivity contribution is 6.30. The van der Waals surface area contributed by atoms with Crippen LogP contribution in [0.15, 0.2) is 42.5 Å². The van der Waals surface area contributed by atoms with Crippen molar-refractivity contribution in [3.63, 3.8) is 0 Å². The van der Waals surface area contributed by atoms with Crippen molar-refractivity contribution in [1.82, 2.24) is 4.57 Å². The summed E-state index contributed by atoms with van der Waals surface area (Å²) in [6.45, 7) is 2.64. The zero-order chi connectivity index (χ0) is 19.1. The van der Waals surface area contributed by atoms with Crippen molar-refractivity contribution in [2.45, 2.75) is 19.8 Å². The van der Waals surface area contributed by atoms with Gasteiger partial charge in [0.1, 0.15) is 5.69 Å². The fraction of sp³-hybridized carbons (Fsp3) is 0.238. The molecule has 0 bridgehead atoms. The van der Waals surface area contributed by atoms with Crippen LogP contribution < -0.4 is 10.2 Å². The van der Waals surface area contributed by atoms with Crippen molar-refractivity contribution >= 4 is 45.7 Å². The van der Waals surface area contributed by atoms with Gasteiger partial charge in [0.05, 0.1) is 11.2 Å². The van der Waals surface area contributed by atoms with Crippen LogP contribution >= 0.6 is 11.6 Å². The molecule has 138 valence electrons. The lowest BCUT2D eigenvalue weighted by Crippen LogP contribution is -2.27. The lowest BCUT2D eigenvalue weighted by Gasteiger charge is -2.18. The molecule has 0 spiro atoms. The number of aryl methyl sites for hydroxylation is 2. The number of fused-ring (bicyclic) bond motifs is 1. The minimum atomic E-state index is -0.247. The maximum absolute atomic E-state index is 13.2. The summed E-state index contributed by atoms with van der Waals surface area (Å²) in [4.78, 5) is 27.4. The molecule has 1 fully saturated rings. The summed E-state index contributed by atoms with van der Waals surface area (Å²) in [5.74, 6) is -0.187. The summed E-state index contributed by atoms with van der Waals surface area (Å²) in [5, 5.41) is 4.46. The van der Waals surface area contributed by atoms with Gasteiger partial charge in [-0.05, 0) is 49.7 Å². The predicted octanol–water partition coefficient (Wildman–Crippen LogP) is 4.52. The molecule has 0 aliphatic carbocycles. The van der Waals surface area contributed by atoms with Crippen molar-refractivity contribution in [2.24, 2.45) is 7.05 Å². The molecule has 1 aromatic heterocycles. The molecule has 5 nitrogen and oxygen atoms in total. The molecule has 6 heteroatoms. The summed E-state index contributed by atoms with van der Waals surface area (Å²) in [6, 6.07) is 13.0. The lowest BCUT2D eigenvalue weighted by molar-refractivity contribution is -0.117. The smallest absolute Gasteiger partial charge is 0.274 e. The van der Waals surface area contributed by atoms with Crippen LogP contribution in [-0.2, 0) is 11.8 Å². The van der Waals surface area contributed by atoms with Crippen LogP contribution in [0.4, 0.5) is 11.4 Å². The molecule has 2 aromatic carbocycles. The minimum absolute atomic E-state index is 0.0598. The van der Waals surface area contributed by atoms with Crippen molar-refractivity contribution in [2.75, 3.05) is 16.8 Å². The molecule has 1 aliphatic heterocycles. The second kappa shape index (κ2) is 6.74. The van der Waals surface area contributed by atoms with Crippen LogP contribution in [0, 0.1) is 6.92 Å². The number of amides is 2. The molecular weight excluding hydrogens is 362 g/mol. The average Bonchev–Trinajstić information content (AvgIpc) is 3.17. The van der Waals surface area contributed by atoms with Gasteiger partial charge in [0.25, 0.3) is 5.91 Å². The number of carbonyl (C=O) groups is 2. The third kappa shape index (κ3) is 3.08.